The molecule has 1 aromatic heterocycles. The van der Waals surface area contributed by atoms with Gasteiger partial charge < -0.3 is 9.88 Å². The summed E-state index contributed by atoms with van der Waals surface area (Å²) in [4.78, 5) is 3.91. The molecule has 0 amide bonds. The Balaban J connectivity index is 2.41. The average molecular weight is 178 g/mol. The van der Waals surface area contributed by atoms with Gasteiger partial charge in [0.05, 0.1) is 0 Å². The molecule has 0 aromatic carbocycles. The van der Waals surface area contributed by atoms with Gasteiger partial charge in [0.1, 0.15) is 6.07 Å². The molecule has 0 bridgehead atoms. The van der Waals surface area contributed by atoms with E-state index in [4.69, 9.17) is 5.26 Å². The minimum Gasteiger partial charge on any atom is -0.321 e. The van der Waals surface area contributed by atoms with Gasteiger partial charge in [-0.05, 0) is 0 Å². The highest BCUT2D eigenvalue weighted by molar-refractivity contribution is 5.10. The van der Waals surface area contributed by atoms with E-state index in [0.717, 1.165) is 13.1 Å². The molecule has 1 aromatic rings. The van der Waals surface area contributed by atoms with Crippen molar-refractivity contribution >= 4 is 0 Å². The minimum atomic E-state index is 0.477. The van der Waals surface area contributed by atoms with Crippen LogP contribution < -0.4 is 5.32 Å². The van der Waals surface area contributed by atoms with E-state index < -0.39 is 0 Å². The summed E-state index contributed by atoms with van der Waals surface area (Å²) >= 11 is 0. The summed E-state index contributed by atoms with van der Waals surface area (Å²) in [7, 11) is 0. The van der Waals surface area contributed by atoms with E-state index in [2.05, 4.69) is 24.1 Å². The number of nitrogens with one attached hydrogen (secondary N) is 1. The molecule has 0 atom stereocenters. The van der Waals surface area contributed by atoms with E-state index in [0.29, 0.717) is 11.9 Å². The number of aromatic nitrogens is 2. The average Bonchev–Trinajstić information content (AvgIpc) is 2.51. The maximum Gasteiger partial charge on any atom is 0.212 e. The van der Waals surface area contributed by atoms with Crippen LogP contribution in [0, 0.1) is 11.3 Å². The Hall–Kier alpha value is -1.34. The number of hydrogen-bond acceptors (Lipinski definition) is 3. The van der Waals surface area contributed by atoms with Gasteiger partial charge in [-0.2, -0.15) is 5.26 Å². The fourth-order valence-corrected chi connectivity index (χ4v) is 1.08. The first-order valence-electron chi connectivity index (χ1n) is 4.38. The molecule has 4 nitrogen and oxygen atoms in total. The fourth-order valence-electron chi connectivity index (χ4n) is 1.08. The van der Waals surface area contributed by atoms with E-state index in [9.17, 15) is 0 Å². The second kappa shape index (κ2) is 4.63. The first kappa shape index (κ1) is 9.75. The van der Waals surface area contributed by atoms with Crippen LogP contribution in [0.15, 0.2) is 12.4 Å². The molecule has 1 heterocycles. The molecule has 0 unspecified atom stereocenters. The Morgan fingerprint density at radius 1 is 1.69 bits per heavy atom. The van der Waals surface area contributed by atoms with Gasteiger partial charge >= 0.3 is 0 Å². The lowest BCUT2D eigenvalue weighted by molar-refractivity contribution is 0.539. The molecule has 0 aliphatic heterocycles. The molecule has 4 heteroatoms. The molecular formula is C9H14N4. The Bertz CT molecular complexity index is 295. The Morgan fingerprint density at radius 2 is 2.46 bits per heavy atom. The molecule has 13 heavy (non-hydrogen) atoms. The fraction of sp³-hybridized carbons (Fsp3) is 0.556. The third-order valence-electron chi connectivity index (χ3n) is 1.72. The Labute approximate surface area is 78.2 Å². The number of imidazole rings is 1. The van der Waals surface area contributed by atoms with Crippen LogP contribution in [0.25, 0.3) is 0 Å². The van der Waals surface area contributed by atoms with Crippen LogP contribution >= 0.6 is 0 Å². The van der Waals surface area contributed by atoms with Crippen molar-refractivity contribution in [1.82, 2.24) is 14.9 Å². The lowest BCUT2D eigenvalue weighted by Gasteiger charge is -2.08. The van der Waals surface area contributed by atoms with Crippen LogP contribution in [-0.2, 0) is 6.54 Å². The number of rotatable bonds is 4. The maximum atomic E-state index is 8.66. The minimum absolute atomic E-state index is 0.477. The van der Waals surface area contributed by atoms with Gasteiger partial charge in [-0.25, -0.2) is 4.98 Å². The standard InChI is InChI=1S/C9H14N4/c1-8(2)11-3-5-13-6-4-12-9(13)7-10/h4,6,8,11H,3,5H2,1-2H3. The SMILES string of the molecule is CC(C)NCCn1ccnc1C#N. The zero-order valence-electron chi connectivity index (χ0n) is 7.99. The molecule has 0 saturated heterocycles. The van der Waals surface area contributed by atoms with E-state index in [1.165, 1.54) is 0 Å². The predicted octanol–water partition coefficient (Wildman–Crippen LogP) is 0.753. The second-order valence-electron chi connectivity index (χ2n) is 3.16. The van der Waals surface area contributed by atoms with Gasteiger partial charge in [-0.3, -0.25) is 0 Å². The first-order valence-corrected chi connectivity index (χ1v) is 4.38. The Morgan fingerprint density at radius 3 is 3.08 bits per heavy atom. The highest BCUT2D eigenvalue weighted by Crippen LogP contribution is 1.94. The van der Waals surface area contributed by atoms with Crippen LogP contribution in [0.5, 0.6) is 0 Å². The van der Waals surface area contributed by atoms with E-state index in [-0.39, 0.29) is 0 Å². The van der Waals surface area contributed by atoms with Crippen molar-refractivity contribution in [3.05, 3.63) is 18.2 Å². The van der Waals surface area contributed by atoms with Crippen molar-refractivity contribution in [2.24, 2.45) is 0 Å². The molecule has 0 fully saturated rings. The number of nitriles is 1. The number of nitrogens with zero attached hydrogens (tertiary/aromatic N) is 3. The van der Waals surface area contributed by atoms with Crippen molar-refractivity contribution in [1.29, 1.82) is 5.26 Å². The van der Waals surface area contributed by atoms with Crippen LogP contribution in [0.4, 0.5) is 0 Å². The van der Waals surface area contributed by atoms with Gasteiger partial charge in [0, 0.05) is 31.5 Å². The summed E-state index contributed by atoms with van der Waals surface area (Å²) in [6.45, 7) is 5.85. The summed E-state index contributed by atoms with van der Waals surface area (Å²) in [5, 5.41) is 11.9. The second-order valence-corrected chi connectivity index (χ2v) is 3.16. The highest BCUT2D eigenvalue weighted by Gasteiger charge is 1.99. The van der Waals surface area contributed by atoms with Crippen molar-refractivity contribution in [3.8, 4) is 6.07 Å². The molecule has 0 spiro atoms. The zero-order chi connectivity index (χ0) is 9.68. The lowest BCUT2D eigenvalue weighted by atomic mass is 10.4. The summed E-state index contributed by atoms with van der Waals surface area (Å²) in [6.07, 6.45) is 3.47. The van der Waals surface area contributed by atoms with Crippen LogP contribution in [0.2, 0.25) is 0 Å². The molecule has 0 saturated carbocycles. The molecular weight excluding hydrogens is 164 g/mol. The normalized spacial score (nSPS) is 10.3. The third-order valence-corrected chi connectivity index (χ3v) is 1.72. The predicted molar refractivity (Wildman–Crippen MR) is 50.1 cm³/mol. The van der Waals surface area contributed by atoms with Crippen molar-refractivity contribution in [3.63, 3.8) is 0 Å². The summed E-state index contributed by atoms with van der Waals surface area (Å²) in [5.41, 5.74) is 0. The largest absolute Gasteiger partial charge is 0.321 e. The van der Waals surface area contributed by atoms with Gasteiger partial charge in [0.25, 0.3) is 0 Å². The first-order chi connectivity index (χ1) is 6.24. The molecule has 0 radical (unpaired) electrons. The van der Waals surface area contributed by atoms with E-state index in [1.807, 2.05) is 16.8 Å². The number of hydrogen-bond donors (Lipinski definition) is 1. The summed E-state index contributed by atoms with van der Waals surface area (Å²) in [6, 6.07) is 2.52. The topological polar surface area (TPSA) is 53.6 Å². The smallest absolute Gasteiger partial charge is 0.212 e. The van der Waals surface area contributed by atoms with Crippen molar-refractivity contribution in [2.45, 2.75) is 26.4 Å². The van der Waals surface area contributed by atoms with Crippen LogP contribution in [0.3, 0.4) is 0 Å². The van der Waals surface area contributed by atoms with E-state index >= 15 is 0 Å². The Kier molecular flexibility index (Phi) is 3.47. The monoisotopic (exact) mass is 178 g/mol. The molecule has 1 N–H and O–H groups in total. The summed E-state index contributed by atoms with van der Waals surface area (Å²) in [5.74, 6) is 0.477. The molecule has 0 aliphatic rings. The van der Waals surface area contributed by atoms with E-state index in [1.54, 1.807) is 6.20 Å². The quantitative estimate of drug-likeness (QED) is 0.740. The molecule has 1 rings (SSSR count). The van der Waals surface area contributed by atoms with Gasteiger partial charge in [0.2, 0.25) is 5.82 Å². The van der Waals surface area contributed by atoms with Crippen LogP contribution in [0.1, 0.15) is 19.7 Å². The van der Waals surface area contributed by atoms with Gasteiger partial charge in [-0.1, -0.05) is 13.8 Å². The van der Waals surface area contributed by atoms with Crippen LogP contribution in [-0.4, -0.2) is 22.1 Å². The zero-order valence-corrected chi connectivity index (χ0v) is 7.99. The maximum absolute atomic E-state index is 8.66. The third kappa shape index (κ3) is 2.88. The molecule has 70 valence electrons. The van der Waals surface area contributed by atoms with Crippen molar-refractivity contribution < 1.29 is 0 Å². The highest BCUT2D eigenvalue weighted by atomic mass is 15.1. The summed E-state index contributed by atoms with van der Waals surface area (Å²) < 4.78 is 1.84. The molecule has 0 aliphatic carbocycles. The lowest BCUT2D eigenvalue weighted by Crippen LogP contribution is -2.26. The van der Waals surface area contributed by atoms with Crippen molar-refractivity contribution in [2.75, 3.05) is 6.54 Å². The van der Waals surface area contributed by atoms with Gasteiger partial charge in [-0.15, -0.1) is 0 Å². The van der Waals surface area contributed by atoms with Gasteiger partial charge in [0.15, 0.2) is 0 Å².